The predicted molar refractivity (Wildman–Crippen MR) is 52.8 cm³/mol. The molecule has 0 bridgehead atoms. The summed E-state index contributed by atoms with van der Waals surface area (Å²) in [6, 6.07) is 4.27. The van der Waals surface area contributed by atoms with Crippen molar-refractivity contribution in [1.82, 2.24) is 0 Å². The molecule has 1 fully saturated rings. The average molecular weight is 209 g/mol. The highest BCUT2D eigenvalue weighted by Crippen LogP contribution is 2.49. The lowest BCUT2D eigenvalue weighted by Gasteiger charge is -2.12. The maximum atomic E-state index is 10.6. The van der Waals surface area contributed by atoms with Gasteiger partial charge < -0.3 is 9.84 Å². The van der Waals surface area contributed by atoms with Gasteiger partial charge in [-0.3, -0.25) is 10.1 Å². The molecular formula is C10H11NO4. The average Bonchev–Trinajstić information content (AvgIpc) is 2.96. The molecule has 0 radical (unpaired) electrons. The van der Waals surface area contributed by atoms with Gasteiger partial charge >= 0.3 is 0 Å². The zero-order chi connectivity index (χ0) is 11.1. The van der Waals surface area contributed by atoms with Gasteiger partial charge in [0.1, 0.15) is 5.75 Å². The summed E-state index contributed by atoms with van der Waals surface area (Å²) in [4.78, 5) is 10.1. The summed E-state index contributed by atoms with van der Waals surface area (Å²) < 4.78 is 5.06. The molecule has 1 aliphatic rings. The third-order valence-corrected chi connectivity index (χ3v) is 2.62. The van der Waals surface area contributed by atoms with Crippen LogP contribution < -0.4 is 4.74 Å². The van der Waals surface area contributed by atoms with E-state index in [0.717, 1.165) is 0 Å². The van der Waals surface area contributed by atoms with Gasteiger partial charge in [-0.2, -0.15) is 0 Å². The van der Waals surface area contributed by atoms with E-state index in [1.807, 2.05) is 0 Å². The third-order valence-electron chi connectivity index (χ3n) is 2.62. The third kappa shape index (κ3) is 1.66. The van der Waals surface area contributed by atoms with Crippen LogP contribution in [0.15, 0.2) is 18.2 Å². The predicted octanol–water partition coefficient (Wildman–Crippen LogP) is 1.58. The van der Waals surface area contributed by atoms with Crippen molar-refractivity contribution in [1.29, 1.82) is 0 Å². The largest absolute Gasteiger partial charge is 0.496 e. The van der Waals surface area contributed by atoms with Crippen LogP contribution >= 0.6 is 0 Å². The van der Waals surface area contributed by atoms with E-state index in [2.05, 4.69) is 0 Å². The van der Waals surface area contributed by atoms with Gasteiger partial charge in [0.2, 0.25) is 0 Å². The van der Waals surface area contributed by atoms with Gasteiger partial charge in [0.15, 0.2) is 0 Å². The van der Waals surface area contributed by atoms with Crippen molar-refractivity contribution >= 4 is 5.69 Å². The second-order valence-corrected chi connectivity index (χ2v) is 3.67. The molecule has 5 heteroatoms. The molecule has 15 heavy (non-hydrogen) atoms. The van der Waals surface area contributed by atoms with Crippen LogP contribution in [0.1, 0.15) is 18.4 Å². The van der Waals surface area contributed by atoms with Crippen LogP contribution in [0.4, 0.5) is 5.69 Å². The van der Waals surface area contributed by atoms with Gasteiger partial charge in [-0.15, -0.1) is 0 Å². The Morgan fingerprint density at radius 2 is 2.20 bits per heavy atom. The summed E-state index contributed by atoms with van der Waals surface area (Å²) in [6.07, 6.45) is 1.26. The van der Waals surface area contributed by atoms with Crippen LogP contribution in [0, 0.1) is 10.1 Å². The molecule has 0 aliphatic heterocycles. The van der Waals surface area contributed by atoms with Crippen molar-refractivity contribution < 1.29 is 14.8 Å². The lowest BCUT2D eigenvalue weighted by Crippen LogP contribution is -2.07. The number of nitrogens with zero attached hydrogens (tertiary/aromatic N) is 1. The van der Waals surface area contributed by atoms with Crippen LogP contribution in [-0.4, -0.2) is 17.1 Å². The number of ether oxygens (including phenoxy) is 1. The van der Waals surface area contributed by atoms with Crippen molar-refractivity contribution in [3.8, 4) is 5.75 Å². The molecule has 0 atom stereocenters. The highest BCUT2D eigenvalue weighted by Gasteiger charge is 2.45. The van der Waals surface area contributed by atoms with Gasteiger partial charge in [-0.25, -0.2) is 0 Å². The quantitative estimate of drug-likeness (QED) is 0.606. The Morgan fingerprint density at radius 1 is 1.53 bits per heavy atom. The molecule has 0 aromatic heterocycles. The van der Waals surface area contributed by atoms with Gasteiger partial charge in [-0.05, 0) is 18.9 Å². The second-order valence-electron chi connectivity index (χ2n) is 3.67. The first-order valence-corrected chi connectivity index (χ1v) is 4.62. The highest BCUT2D eigenvalue weighted by atomic mass is 16.6. The standard InChI is InChI=1S/C10H11NO4/c1-15-9-3-2-7(11(13)14)6-8(9)10(12)4-5-10/h2-3,6,12H,4-5H2,1H3. The normalized spacial score (nSPS) is 17.2. The Labute approximate surface area is 86.4 Å². The van der Waals surface area contributed by atoms with Crippen molar-refractivity contribution in [2.24, 2.45) is 0 Å². The monoisotopic (exact) mass is 209 g/mol. The van der Waals surface area contributed by atoms with Crippen LogP contribution in [0.25, 0.3) is 0 Å². The van der Waals surface area contributed by atoms with Gasteiger partial charge in [0.25, 0.3) is 5.69 Å². The maximum absolute atomic E-state index is 10.6. The minimum absolute atomic E-state index is 0.0221. The number of rotatable bonds is 3. The summed E-state index contributed by atoms with van der Waals surface area (Å²) in [7, 11) is 1.48. The van der Waals surface area contributed by atoms with E-state index in [1.54, 1.807) is 0 Å². The summed E-state index contributed by atoms with van der Waals surface area (Å²) in [5.74, 6) is 0.501. The Kier molecular flexibility index (Phi) is 2.12. The van der Waals surface area contributed by atoms with E-state index in [4.69, 9.17) is 4.74 Å². The van der Waals surface area contributed by atoms with Crippen LogP contribution in [-0.2, 0) is 5.60 Å². The van der Waals surface area contributed by atoms with E-state index in [1.165, 1.54) is 25.3 Å². The van der Waals surface area contributed by atoms with Gasteiger partial charge in [-0.1, -0.05) is 0 Å². The first kappa shape index (κ1) is 9.92. The molecule has 0 spiro atoms. The lowest BCUT2D eigenvalue weighted by molar-refractivity contribution is -0.385. The van der Waals surface area contributed by atoms with E-state index in [0.29, 0.717) is 24.2 Å². The molecule has 0 heterocycles. The number of benzene rings is 1. The van der Waals surface area contributed by atoms with Crippen molar-refractivity contribution in [3.05, 3.63) is 33.9 Å². The highest BCUT2D eigenvalue weighted by molar-refractivity contribution is 5.48. The van der Waals surface area contributed by atoms with Crippen LogP contribution in [0.5, 0.6) is 5.75 Å². The fourth-order valence-corrected chi connectivity index (χ4v) is 1.56. The van der Waals surface area contributed by atoms with Crippen LogP contribution in [0.3, 0.4) is 0 Å². The number of hydrogen-bond donors (Lipinski definition) is 1. The SMILES string of the molecule is COc1ccc([N+](=O)[O-])cc1C1(O)CC1. The van der Waals surface area contributed by atoms with Crippen molar-refractivity contribution in [3.63, 3.8) is 0 Å². The molecule has 0 amide bonds. The lowest BCUT2D eigenvalue weighted by atomic mass is 10.1. The molecule has 2 rings (SSSR count). The number of methoxy groups -OCH3 is 1. The number of non-ortho nitro benzene ring substituents is 1. The Hall–Kier alpha value is -1.62. The molecule has 0 unspecified atom stereocenters. The number of nitro groups is 1. The van der Waals surface area contributed by atoms with E-state index < -0.39 is 10.5 Å². The number of hydrogen-bond acceptors (Lipinski definition) is 4. The molecule has 1 N–H and O–H groups in total. The zero-order valence-electron chi connectivity index (χ0n) is 8.27. The molecule has 0 saturated heterocycles. The summed E-state index contributed by atoms with van der Waals surface area (Å²) >= 11 is 0. The molecular weight excluding hydrogens is 198 g/mol. The zero-order valence-corrected chi connectivity index (χ0v) is 8.27. The Morgan fingerprint density at radius 3 is 2.67 bits per heavy atom. The molecule has 1 aromatic rings. The number of nitro benzene ring substituents is 1. The van der Waals surface area contributed by atoms with E-state index in [-0.39, 0.29) is 5.69 Å². The van der Waals surface area contributed by atoms with Crippen molar-refractivity contribution in [2.75, 3.05) is 7.11 Å². The minimum atomic E-state index is -0.919. The summed E-state index contributed by atoms with van der Waals surface area (Å²) in [5.41, 5.74) is -0.428. The Bertz CT molecular complexity index is 412. The fraction of sp³-hybridized carbons (Fsp3) is 0.400. The van der Waals surface area contributed by atoms with Crippen LogP contribution in [0.2, 0.25) is 0 Å². The summed E-state index contributed by atoms with van der Waals surface area (Å²) in [6.45, 7) is 0. The van der Waals surface area contributed by atoms with Crippen molar-refractivity contribution in [2.45, 2.75) is 18.4 Å². The first-order chi connectivity index (χ1) is 7.07. The number of aliphatic hydroxyl groups is 1. The maximum Gasteiger partial charge on any atom is 0.270 e. The Balaban J connectivity index is 2.48. The van der Waals surface area contributed by atoms with Gasteiger partial charge in [0, 0.05) is 17.7 Å². The fourth-order valence-electron chi connectivity index (χ4n) is 1.56. The molecule has 1 aromatic carbocycles. The first-order valence-electron chi connectivity index (χ1n) is 4.62. The smallest absolute Gasteiger partial charge is 0.270 e. The molecule has 5 nitrogen and oxygen atoms in total. The molecule has 1 aliphatic carbocycles. The molecule has 80 valence electrons. The molecule has 1 saturated carbocycles. The topological polar surface area (TPSA) is 72.6 Å². The minimum Gasteiger partial charge on any atom is -0.496 e. The van der Waals surface area contributed by atoms with E-state index in [9.17, 15) is 15.2 Å². The van der Waals surface area contributed by atoms with E-state index >= 15 is 0 Å². The van der Waals surface area contributed by atoms with Gasteiger partial charge in [0.05, 0.1) is 17.6 Å². The summed E-state index contributed by atoms with van der Waals surface area (Å²) in [5, 5.41) is 20.5. The second kappa shape index (κ2) is 3.20.